The third-order valence-corrected chi connectivity index (χ3v) is 6.25. The lowest BCUT2D eigenvalue weighted by molar-refractivity contribution is 0.307. The van der Waals surface area contributed by atoms with Crippen LogP contribution in [0.3, 0.4) is 0 Å². The monoisotopic (exact) mass is 508 g/mol. The first kappa shape index (κ1) is 25.2. The zero-order valence-electron chi connectivity index (χ0n) is 21.7. The molecule has 5 rings (SSSR count). The average molecular weight is 509 g/mol. The van der Waals surface area contributed by atoms with E-state index in [1.165, 1.54) is 0 Å². The zero-order chi connectivity index (χ0) is 26.3. The van der Waals surface area contributed by atoms with E-state index >= 15 is 0 Å². The number of aromatic amines is 1. The van der Waals surface area contributed by atoms with Crippen LogP contribution in [0.2, 0.25) is 0 Å². The number of hydrogen-bond acceptors (Lipinski definition) is 7. The van der Waals surface area contributed by atoms with E-state index in [4.69, 9.17) is 25.2 Å². The molecule has 0 aliphatic rings. The average Bonchev–Trinajstić information content (AvgIpc) is 3.38. The van der Waals surface area contributed by atoms with Crippen LogP contribution in [0.5, 0.6) is 11.5 Å². The molecule has 0 amide bonds. The molecule has 0 saturated carbocycles. The highest BCUT2D eigenvalue weighted by molar-refractivity contribution is 5.87. The minimum atomic E-state index is 0.495. The van der Waals surface area contributed by atoms with Gasteiger partial charge >= 0.3 is 0 Å². The summed E-state index contributed by atoms with van der Waals surface area (Å²) in [6, 6.07) is 22.0. The van der Waals surface area contributed by atoms with Gasteiger partial charge < -0.3 is 25.5 Å². The Morgan fingerprint density at radius 3 is 2.71 bits per heavy atom. The van der Waals surface area contributed by atoms with Crippen molar-refractivity contribution in [3.63, 3.8) is 0 Å². The van der Waals surface area contributed by atoms with Crippen molar-refractivity contribution in [3.05, 3.63) is 84.4 Å². The van der Waals surface area contributed by atoms with Gasteiger partial charge in [-0.1, -0.05) is 24.3 Å². The number of nitrogens with two attached hydrogens (primary N) is 1. The van der Waals surface area contributed by atoms with Crippen LogP contribution in [-0.4, -0.2) is 40.2 Å². The van der Waals surface area contributed by atoms with Crippen molar-refractivity contribution in [1.29, 1.82) is 0 Å². The molecule has 8 heteroatoms. The summed E-state index contributed by atoms with van der Waals surface area (Å²) in [6.07, 6.45) is 3.63. The fourth-order valence-corrected chi connectivity index (χ4v) is 4.33. The van der Waals surface area contributed by atoms with Crippen molar-refractivity contribution in [3.8, 4) is 34.1 Å². The number of ether oxygens (including phenoxy) is 2. The summed E-state index contributed by atoms with van der Waals surface area (Å²) < 4.78 is 11.4. The summed E-state index contributed by atoms with van der Waals surface area (Å²) in [5, 5.41) is 4.42. The molecule has 2 aromatic carbocycles. The Morgan fingerprint density at radius 2 is 1.87 bits per heavy atom. The van der Waals surface area contributed by atoms with Gasteiger partial charge in [0.05, 0.1) is 49.1 Å². The van der Waals surface area contributed by atoms with Crippen LogP contribution in [0.4, 0.5) is 5.69 Å². The van der Waals surface area contributed by atoms with Gasteiger partial charge in [-0.15, -0.1) is 0 Å². The van der Waals surface area contributed by atoms with E-state index in [0.29, 0.717) is 19.7 Å². The quantitative estimate of drug-likeness (QED) is 0.195. The Morgan fingerprint density at radius 1 is 0.974 bits per heavy atom. The highest BCUT2D eigenvalue weighted by Gasteiger charge is 2.17. The van der Waals surface area contributed by atoms with Gasteiger partial charge in [0.2, 0.25) is 0 Å². The molecule has 0 radical (unpaired) electrons. The van der Waals surface area contributed by atoms with Crippen LogP contribution >= 0.6 is 0 Å². The van der Waals surface area contributed by atoms with Gasteiger partial charge in [-0.2, -0.15) is 0 Å². The van der Waals surface area contributed by atoms with Gasteiger partial charge in [0.1, 0.15) is 23.0 Å². The van der Waals surface area contributed by atoms with E-state index in [2.05, 4.69) is 27.4 Å². The maximum atomic E-state index is 5.90. The van der Waals surface area contributed by atoms with Crippen molar-refractivity contribution in [2.24, 2.45) is 5.73 Å². The van der Waals surface area contributed by atoms with Crippen molar-refractivity contribution in [1.82, 2.24) is 19.9 Å². The maximum Gasteiger partial charge on any atom is 0.141 e. The number of aryl methyl sites for hydroxylation is 1. The van der Waals surface area contributed by atoms with E-state index < -0.39 is 0 Å². The summed E-state index contributed by atoms with van der Waals surface area (Å²) in [5.74, 6) is 2.32. The predicted molar refractivity (Wildman–Crippen MR) is 151 cm³/mol. The van der Waals surface area contributed by atoms with Crippen molar-refractivity contribution < 1.29 is 9.47 Å². The summed E-state index contributed by atoms with van der Waals surface area (Å²) in [6.45, 7) is 3.77. The number of imidazole rings is 1. The van der Waals surface area contributed by atoms with Crippen LogP contribution in [0.15, 0.2) is 72.9 Å². The molecule has 0 aliphatic heterocycles. The topological polar surface area (TPSA) is 111 Å². The zero-order valence-corrected chi connectivity index (χ0v) is 21.7. The second-order valence-electron chi connectivity index (χ2n) is 9.05. The fourth-order valence-electron chi connectivity index (χ4n) is 4.33. The molecule has 3 heterocycles. The summed E-state index contributed by atoms with van der Waals surface area (Å²) in [5.41, 5.74) is 11.8. The Kier molecular flexibility index (Phi) is 7.80. The van der Waals surface area contributed by atoms with Crippen molar-refractivity contribution >= 4 is 16.6 Å². The highest BCUT2D eigenvalue weighted by Crippen LogP contribution is 2.32. The molecule has 0 fully saturated rings. The van der Waals surface area contributed by atoms with E-state index in [0.717, 1.165) is 75.1 Å². The Hall–Kier alpha value is -4.43. The molecule has 194 valence electrons. The third-order valence-electron chi connectivity index (χ3n) is 6.25. The summed E-state index contributed by atoms with van der Waals surface area (Å²) in [4.78, 5) is 17.8. The fraction of sp³-hybridized carbons (Fsp3) is 0.233. The van der Waals surface area contributed by atoms with Gasteiger partial charge in [0.15, 0.2) is 0 Å². The summed E-state index contributed by atoms with van der Waals surface area (Å²) in [7, 11) is 1.66. The Labute approximate surface area is 222 Å². The van der Waals surface area contributed by atoms with Crippen LogP contribution in [0, 0.1) is 6.92 Å². The van der Waals surface area contributed by atoms with Crippen LogP contribution in [-0.2, 0) is 6.54 Å². The minimum absolute atomic E-state index is 0.495. The van der Waals surface area contributed by atoms with Crippen molar-refractivity contribution in [2.75, 3.05) is 25.6 Å². The van der Waals surface area contributed by atoms with Crippen LogP contribution in [0.1, 0.15) is 24.4 Å². The largest absolute Gasteiger partial charge is 0.495 e. The number of fused-ring (bicyclic) bond motifs is 1. The van der Waals surface area contributed by atoms with Gasteiger partial charge in [0.25, 0.3) is 0 Å². The number of methoxy groups -OCH3 is 1. The first-order valence-electron chi connectivity index (χ1n) is 12.8. The molecular weight excluding hydrogens is 476 g/mol. The Balaban J connectivity index is 1.48. The van der Waals surface area contributed by atoms with E-state index in [1.807, 2.05) is 61.5 Å². The smallest absolute Gasteiger partial charge is 0.141 e. The second kappa shape index (κ2) is 11.7. The first-order chi connectivity index (χ1) is 18.6. The Bertz CT molecular complexity index is 1530. The number of nitrogens with one attached hydrogen (secondary N) is 2. The number of para-hydroxylation sites is 2. The highest BCUT2D eigenvalue weighted by atomic mass is 16.5. The SMILES string of the molecule is COc1ccccc1NCc1nc(-c2cccc(C)n2)c(-c2ccc3ncc(OCCCCN)cc3c2)[nH]1. The molecular formula is C30H32N6O2. The van der Waals surface area contributed by atoms with Gasteiger partial charge in [-0.05, 0) is 68.8 Å². The number of nitrogens with zero attached hydrogens (tertiary/aromatic N) is 3. The number of aromatic nitrogens is 4. The molecule has 0 atom stereocenters. The standard InChI is InChI=1S/C30H32N6O2/c1-20-8-7-10-26(34-20)30-29(35-28(36-30)19-33-25-9-3-4-11-27(25)37-2)21-12-13-24-22(16-21)17-23(18-32-24)38-15-6-5-14-31/h3-4,7-13,16-18,33H,5-6,14-15,19,31H2,1-2H3,(H,35,36). The predicted octanol–water partition coefficient (Wildman–Crippen LogP) is 5.73. The number of H-pyrrole nitrogens is 1. The summed E-state index contributed by atoms with van der Waals surface area (Å²) >= 11 is 0. The van der Waals surface area contributed by atoms with E-state index in [1.54, 1.807) is 13.3 Å². The molecule has 0 spiro atoms. The number of hydrogen-bond donors (Lipinski definition) is 3. The lowest BCUT2D eigenvalue weighted by Crippen LogP contribution is -2.03. The molecule has 38 heavy (non-hydrogen) atoms. The van der Waals surface area contributed by atoms with Gasteiger partial charge in [-0.3, -0.25) is 9.97 Å². The molecule has 5 aromatic rings. The van der Waals surface area contributed by atoms with Gasteiger partial charge in [-0.25, -0.2) is 4.98 Å². The minimum Gasteiger partial charge on any atom is -0.495 e. The molecule has 4 N–H and O–H groups in total. The molecule has 0 unspecified atom stereocenters. The molecule has 0 aliphatic carbocycles. The lowest BCUT2D eigenvalue weighted by Gasteiger charge is -2.09. The first-order valence-corrected chi connectivity index (χ1v) is 12.8. The number of unbranched alkanes of at least 4 members (excludes halogenated alkanes) is 1. The number of pyridine rings is 2. The van der Waals surface area contributed by atoms with E-state index in [9.17, 15) is 0 Å². The van der Waals surface area contributed by atoms with E-state index in [-0.39, 0.29) is 0 Å². The number of anilines is 1. The maximum absolute atomic E-state index is 5.90. The molecule has 3 aromatic heterocycles. The number of benzene rings is 2. The van der Waals surface area contributed by atoms with Crippen LogP contribution < -0.4 is 20.5 Å². The normalized spacial score (nSPS) is 11.0. The van der Waals surface area contributed by atoms with Gasteiger partial charge in [0, 0.05) is 16.6 Å². The number of rotatable bonds is 11. The third kappa shape index (κ3) is 5.76. The van der Waals surface area contributed by atoms with Crippen LogP contribution in [0.25, 0.3) is 33.5 Å². The van der Waals surface area contributed by atoms with Crippen molar-refractivity contribution in [2.45, 2.75) is 26.3 Å². The lowest BCUT2D eigenvalue weighted by atomic mass is 10.1. The molecule has 8 nitrogen and oxygen atoms in total. The molecule has 0 bridgehead atoms. The molecule has 0 saturated heterocycles. The second-order valence-corrected chi connectivity index (χ2v) is 9.05.